The molecule has 11 nitrogen and oxygen atoms in total. The van der Waals surface area contributed by atoms with Gasteiger partial charge in [-0.1, -0.05) is 6.07 Å². The predicted octanol–water partition coefficient (Wildman–Crippen LogP) is 1.20. The number of ether oxygens (including phenoxy) is 2. The molecular formula is C19H21N3O8S. The van der Waals surface area contributed by atoms with Crippen molar-refractivity contribution in [3.05, 3.63) is 64.2 Å². The van der Waals surface area contributed by atoms with Gasteiger partial charge in [-0.15, -0.1) is 0 Å². The lowest BCUT2D eigenvalue weighted by Gasteiger charge is -2.12. The van der Waals surface area contributed by atoms with Gasteiger partial charge in [-0.25, -0.2) is 12.7 Å². The SMILES string of the molecule is CN(C)S(=O)(=O)c1ccc(OCCOC(=O)CNC(=O)c2cccc([N+](=O)[O-])c2)cc1. The Morgan fingerprint density at radius 2 is 1.77 bits per heavy atom. The van der Waals surface area contributed by atoms with Gasteiger partial charge in [0.1, 0.15) is 25.5 Å². The van der Waals surface area contributed by atoms with Gasteiger partial charge in [0, 0.05) is 31.8 Å². The Morgan fingerprint density at radius 1 is 1.10 bits per heavy atom. The zero-order valence-electron chi connectivity index (χ0n) is 16.8. The van der Waals surface area contributed by atoms with E-state index in [9.17, 15) is 28.1 Å². The molecule has 2 rings (SSSR count). The van der Waals surface area contributed by atoms with Crippen molar-refractivity contribution < 1.29 is 32.4 Å². The Labute approximate surface area is 178 Å². The number of nitro groups is 1. The monoisotopic (exact) mass is 451 g/mol. The minimum absolute atomic E-state index is 0.0182. The van der Waals surface area contributed by atoms with Gasteiger partial charge in [-0.3, -0.25) is 19.7 Å². The Morgan fingerprint density at radius 3 is 2.39 bits per heavy atom. The number of benzene rings is 2. The van der Waals surface area contributed by atoms with Crippen LogP contribution in [0.4, 0.5) is 5.69 Å². The van der Waals surface area contributed by atoms with Gasteiger partial charge >= 0.3 is 5.97 Å². The van der Waals surface area contributed by atoms with Gasteiger partial charge in [-0.05, 0) is 30.3 Å². The van der Waals surface area contributed by atoms with E-state index < -0.39 is 33.4 Å². The van der Waals surface area contributed by atoms with Gasteiger partial charge < -0.3 is 14.8 Å². The van der Waals surface area contributed by atoms with Gasteiger partial charge in [0.15, 0.2) is 0 Å². The van der Waals surface area contributed by atoms with Crippen molar-refractivity contribution in [2.75, 3.05) is 33.9 Å². The van der Waals surface area contributed by atoms with Crippen molar-refractivity contribution in [3.8, 4) is 5.75 Å². The van der Waals surface area contributed by atoms with E-state index in [2.05, 4.69) is 5.32 Å². The van der Waals surface area contributed by atoms with Crippen molar-refractivity contribution in [1.29, 1.82) is 0 Å². The van der Waals surface area contributed by atoms with Crippen LogP contribution in [0.25, 0.3) is 0 Å². The van der Waals surface area contributed by atoms with Crippen molar-refractivity contribution in [1.82, 2.24) is 9.62 Å². The van der Waals surface area contributed by atoms with E-state index in [0.717, 1.165) is 10.4 Å². The molecule has 0 saturated carbocycles. The molecule has 0 fully saturated rings. The zero-order chi connectivity index (χ0) is 23.0. The molecule has 1 N–H and O–H groups in total. The fourth-order valence-electron chi connectivity index (χ4n) is 2.30. The van der Waals surface area contributed by atoms with Crippen LogP contribution in [0.15, 0.2) is 53.4 Å². The second-order valence-electron chi connectivity index (χ2n) is 6.32. The van der Waals surface area contributed by atoms with Gasteiger partial charge in [0.05, 0.1) is 9.82 Å². The fourth-order valence-corrected chi connectivity index (χ4v) is 3.20. The minimum atomic E-state index is -3.53. The smallest absolute Gasteiger partial charge is 0.325 e. The van der Waals surface area contributed by atoms with E-state index in [-0.39, 0.29) is 29.4 Å². The van der Waals surface area contributed by atoms with Crippen LogP contribution in [0.2, 0.25) is 0 Å². The van der Waals surface area contributed by atoms with E-state index in [1.807, 2.05) is 0 Å². The Balaban J connectivity index is 1.73. The van der Waals surface area contributed by atoms with E-state index >= 15 is 0 Å². The Bertz CT molecular complexity index is 1050. The molecule has 0 radical (unpaired) electrons. The van der Waals surface area contributed by atoms with E-state index in [0.29, 0.717) is 5.75 Å². The van der Waals surface area contributed by atoms with Crippen LogP contribution >= 0.6 is 0 Å². The average Bonchev–Trinajstić information content (AvgIpc) is 2.75. The molecule has 0 aromatic heterocycles. The highest BCUT2D eigenvalue weighted by atomic mass is 32.2. The second-order valence-corrected chi connectivity index (χ2v) is 8.47. The van der Waals surface area contributed by atoms with Gasteiger partial charge in [0.25, 0.3) is 11.6 Å². The average molecular weight is 451 g/mol. The first-order chi connectivity index (χ1) is 14.6. The summed E-state index contributed by atoms with van der Waals surface area (Å²) in [6.07, 6.45) is 0. The molecule has 2 aromatic rings. The number of nitro benzene ring substituents is 1. The summed E-state index contributed by atoms with van der Waals surface area (Å²) < 4.78 is 35.4. The normalized spacial score (nSPS) is 11.1. The molecule has 0 heterocycles. The second kappa shape index (κ2) is 10.5. The van der Waals surface area contributed by atoms with Crippen molar-refractivity contribution in [2.45, 2.75) is 4.90 Å². The highest BCUT2D eigenvalue weighted by Gasteiger charge is 2.17. The highest BCUT2D eigenvalue weighted by Crippen LogP contribution is 2.18. The van der Waals surface area contributed by atoms with Crippen LogP contribution < -0.4 is 10.1 Å². The first-order valence-corrected chi connectivity index (χ1v) is 10.4. The number of nitrogens with zero attached hydrogens (tertiary/aromatic N) is 2. The number of carbonyl (C=O) groups excluding carboxylic acids is 2. The number of sulfonamides is 1. The van der Waals surface area contributed by atoms with Crippen LogP contribution in [0.3, 0.4) is 0 Å². The maximum absolute atomic E-state index is 12.0. The summed E-state index contributed by atoms with van der Waals surface area (Å²) in [5, 5.41) is 13.1. The van der Waals surface area contributed by atoms with E-state index in [1.54, 1.807) is 0 Å². The molecule has 166 valence electrons. The maximum atomic E-state index is 12.0. The summed E-state index contributed by atoms with van der Waals surface area (Å²) in [6.45, 7) is -0.494. The number of rotatable bonds is 10. The molecule has 0 aliphatic carbocycles. The van der Waals surface area contributed by atoms with Gasteiger partial charge in [0.2, 0.25) is 10.0 Å². The Hall–Kier alpha value is -3.51. The lowest BCUT2D eigenvalue weighted by atomic mass is 10.2. The molecule has 0 unspecified atom stereocenters. The molecule has 0 aliphatic rings. The number of non-ortho nitro benzene ring substituents is 1. The van der Waals surface area contributed by atoms with Crippen LogP contribution in [0.1, 0.15) is 10.4 Å². The third kappa shape index (κ3) is 6.76. The van der Waals surface area contributed by atoms with Gasteiger partial charge in [-0.2, -0.15) is 0 Å². The summed E-state index contributed by atoms with van der Waals surface area (Å²) in [4.78, 5) is 33.9. The summed E-state index contributed by atoms with van der Waals surface area (Å²) >= 11 is 0. The molecule has 0 aliphatic heterocycles. The number of hydrogen-bond acceptors (Lipinski definition) is 8. The van der Waals surface area contributed by atoms with E-state index in [4.69, 9.17) is 9.47 Å². The summed E-state index contributed by atoms with van der Waals surface area (Å²) in [7, 11) is -0.668. The van der Waals surface area contributed by atoms with Crippen LogP contribution in [-0.2, 0) is 19.6 Å². The number of amides is 1. The highest BCUT2D eigenvalue weighted by molar-refractivity contribution is 7.89. The molecule has 0 bridgehead atoms. The number of nitrogens with one attached hydrogen (secondary N) is 1. The first kappa shape index (κ1) is 23.8. The van der Waals surface area contributed by atoms with Crippen molar-refractivity contribution in [2.24, 2.45) is 0 Å². The largest absolute Gasteiger partial charge is 0.490 e. The predicted molar refractivity (Wildman–Crippen MR) is 109 cm³/mol. The number of hydrogen-bond donors (Lipinski definition) is 1. The minimum Gasteiger partial charge on any atom is -0.490 e. The van der Waals surface area contributed by atoms with Crippen LogP contribution in [0, 0.1) is 10.1 Å². The van der Waals surface area contributed by atoms with Crippen LogP contribution in [0.5, 0.6) is 5.75 Å². The third-order valence-corrected chi connectivity index (χ3v) is 5.76. The first-order valence-electron chi connectivity index (χ1n) is 8.95. The van der Waals surface area contributed by atoms with Crippen molar-refractivity contribution in [3.63, 3.8) is 0 Å². The molecule has 1 amide bonds. The summed E-state index contributed by atoms with van der Waals surface area (Å²) in [5.74, 6) is -0.966. The molecule has 12 heteroatoms. The quantitative estimate of drug-likeness (QED) is 0.245. The topological polar surface area (TPSA) is 145 Å². The maximum Gasteiger partial charge on any atom is 0.325 e. The van der Waals surface area contributed by atoms with Crippen molar-refractivity contribution >= 4 is 27.6 Å². The molecule has 0 spiro atoms. The molecule has 0 saturated heterocycles. The molecule has 0 atom stereocenters. The lowest BCUT2D eigenvalue weighted by Crippen LogP contribution is -2.31. The summed E-state index contributed by atoms with van der Waals surface area (Å²) in [5.41, 5.74) is -0.190. The third-order valence-electron chi connectivity index (χ3n) is 3.93. The zero-order valence-corrected chi connectivity index (χ0v) is 17.6. The number of esters is 1. The summed E-state index contributed by atoms with van der Waals surface area (Å²) in [6, 6.07) is 10.9. The number of carbonyl (C=O) groups is 2. The Kier molecular flexibility index (Phi) is 8.05. The fraction of sp³-hybridized carbons (Fsp3) is 0.263. The van der Waals surface area contributed by atoms with E-state index in [1.165, 1.54) is 56.6 Å². The standard InChI is InChI=1S/C19H21N3O8S/c1-21(2)31(27,28)17-8-6-16(7-9-17)29-10-11-30-18(23)13-20-19(24)14-4-3-5-15(12-14)22(25)26/h3-9,12H,10-11,13H2,1-2H3,(H,20,24). The molecular weight excluding hydrogens is 430 g/mol. The van der Waals surface area contributed by atoms with Crippen LogP contribution in [-0.4, -0.2) is 63.4 Å². The molecule has 2 aromatic carbocycles. The lowest BCUT2D eigenvalue weighted by molar-refractivity contribution is -0.384. The molecule has 31 heavy (non-hydrogen) atoms.